The second-order valence-corrected chi connectivity index (χ2v) is 8.25. The number of rotatable bonds is 7. The van der Waals surface area contributed by atoms with E-state index in [0.717, 1.165) is 30.0 Å². The standard InChI is InChI=1S/C21H21F4NO2S/c1-13(27)14-7-8-18(17(22)9-14)29-11-19(28)26-12-20(2,3)15-5-4-6-16(10-15)21(23,24)25/h4-10H,11-12H2,1-3H3,(H,26,28). The molecule has 2 aromatic rings. The molecular weight excluding hydrogens is 406 g/mol. The van der Waals surface area contributed by atoms with Gasteiger partial charge in [0.2, 0.25) is 5.91 Å². The van der Waals surface area contributed by atoms with Crippen LogP contribution in [0.2, 0.25) is 0 Å². The van der Waals surface area contributed by atoms with Crippen molar-refractivity contribution in [1.29, 1.82) is 0 Å². The number of nitrogens with one attached hydrogen (secondary N) is 1. The normalized spacial score (nSPS) is 12.0. The highest BCUT2D eigenvalue weighted by Gasteiger charge is 2.32. The lowest BCUT2D eigenvalue weighted by molar-refractivity contribution is -0.137. The van der Waals surface area contributed by atoms with Gasteiger partial charge >= 0.3 is 6.18 Å². The van der Waals surface area contributed by atoms with E-state index in [2.05, 4.69) is 5.32 Å². The highest BCUT2D eigenvalue weighted by molar-refractivity contribution is 8.00. The number of benzene rings is 2. The van der Waals surface area contributed by atoms with Crippen molar-refractivity contribution in [3.05, 3.63) is 65.0 Å². The number of thioether (sulfide) groups is 1. The van der Waals surface area contributed by atoms with Gasteiger partial charge in [0.15, 0.2) is 5.78 Å². The third-order valence-corrected chi connectivity index (χ3v) is 5.44. The quantitative estimate of drug-likeness (QED) is 0.374. The van der Waals surface area contributed by atoms with E-state index in [9.17, 15) is 27.2 Å². The van der Waals surface area contributed by atoms with E-state index in [1.807, 2.05) is 0 Å². The van der Waals surface area contributed by atoms with Gasteiger partial charge in [-0.15, -0.1) is 11.8 Å². The van der Waals surface area contributed by atoms with E-state index in [1.165, 1.54) is 25.1 Å². The van der Waals surface area contributed by atoms with Crippen LogP contribution in [-0.4, -0.2) is 24.0 Å². The van der Waals surface area contributed by atoms with Crippen molar-refractivity contribution in [2.45, 2.75) is 37.3 Å². The van der Waals surface area contributed by atoms with Crippen LogP contribution in [0.4, 0.5) is 17.6 Å². The van der Waals surface area contributed by atoms with Crippen LogP contribution in [0.5, 0.6) is 0 Å². The fraction of sp³-hybridized carbons (Fsp3) is 0.333. The first-order valence-electron chi connectivity index (χ1n) is 8.78. The maximum atomic E-state index is 14.0. The molecule has 0 aliphatic rings. The molecule has 1 N–H and O–H groups in total. The Bertz CT molecular complexity index is 910. The number of halogens is 4. The Labute approximate surface area is 170 Å². The molecule has 0 aromatic heterocycles. The highest BCUT2D eigenvalue weighted by atomic mass is 32.2. The monoisotopic (exact) mass is 427 g/mol. The second kappa shape index (κ2) is 8.98. The molecule has 0 saturated carbocycles. The molecule has 3 nitrogen and oxygen atoms in total. The van der Waals surface area contributed by atoms with Crippen molar-refractivity contribution in [2.75, 3.05) is 12.3 Å². The van der Waals surface area contributed by atoms with Crippen LogP contribution in [0.15, 0.2) is 47.4 Å². The van der Waals surface area contributed by atoms with Gasteiger partial charge in [-0.2, -0.15) is 13.2 Å². The minimum absolute atomic E-state index is 0.0605. The number of carbonyl (C=O) groups excluding carboxylic acids is 2. The molecule has 0 aliphatic carbocycles. The Kier molecular flexibility index (Phi) is 7.11. The van der Waals surface area contributed by atoms with Crippen LogP contribution in [0, 0.1) is 5.82 Å². The minimum Gasteiger partial charge on any atom is -0.355 e. The summed E-state index contributed by atoms with van der Waals surface area (Å²) < 4.78 is 52.7. The number of amides is 1. The zero-order valence-corrected chi connectivity index (χ0v) is 17.0. The molecule has 0 fully saturated rings. The predicted molar refractivity (Wildman–Crippen MR) is 105 cm³/mol. The highest BCUT2D eigenvalue weighted by Crippen LogP contribution is 2.32. The molecule has 0 radical (unpaired) electrons. The van der Waals surface area contributed by atoms with E-state index in [1.54, 1.807) is 19.9 Å². The van der Waals surface area contributed by atoms with Crippen LogP contribution < -0.4 is 5.32 Å². The first kappa shape index (κ1) is 22.9. The van der Waals surface area contributed by atoms with Gasteiger partial charge in [-0.3, -0.25) is 9.59 Å². The molecule has 2 rings (SSSR count). The number of hydrogen-bond donors (Lipinski definition) is 1. The molecule has 29 heavy (non-hydrogen) atoms. The van der Waals surface area contributed by atoms with Gasteiger partial charge in [0.05, 0.1) is 11.3 Å². The molecule has 1 amide bonds. The summed E-state index contributed by atoms with van der Waals surface area (Å²) in [6, 6.07) is 9.05. The van der Waals surface area contributed by atoms with Crippen LogP contribution in [-0.2, 0) is 16.4 Å². The smallest absolute Gasteiger partial charge is 0.355 e. The van der Waals surface area contributed by atoms with Gasteiger partial charge in [0.25, 0.3) is 0 Å². The van der Waals surface area contributed by atoms with Gasteiger partial charge in [-0.1, -0.05) is 38.1 Å². The Morgan fingerprint density at radius 1 is 1.03 bits per heavy atom. The number of Topliss-reactive ketones (excluding diaryl/α,β-unsaturated/α-hetero) is 1. The lowest BCUT2D eigenvalue weighted by atomic mass is 9.83. The largest absolute Gasteiger partial charge is 0.416 e. The maximum Gasteiger partial charge on any atom is 0.416 e. The molecule has 0 heterocycles. The van der Waals surface area contributed by atoms with Crippen LogP contribution in [0.1, 0.15) is 42.3 Å². The molecule has 0 unspecified atom stereocenters. The maximum absolute atomic E-state index is 14.0. The summed E-state index contributed by atoms with van der Waals surface area (Å²) in [4.78, 5) is 23.6. The zero-order valence-electron chi connectivity index (χ0n) is 16.2. The molecule has 0 saturated heterocycles. The lowest BCUT2D eigenvalue weighted by Gasteiger charge is -2.26. The summed E-state index contributed by atoms with van der Waals surface area (Å²) in [5.41, 5.74) is -0.768. The third-order valence-electron chi connectivity index (χ3n) is 4.40. The summed E-state index contributed by atoms with van der Waals surface area (Å²) in [6.45, 7) is 4.92. The van der Waals surface area contributed by atoms with Crippen molar-refractivity contribution in [1.82, 2.24) is 5.32 Å². The first-order chi connectivity index (χ1) is 13.4. The van der Waals surface area contributed by atoms with E-state index >= 15 is 0 Å². The summed E-state index contributed by atoms with van der Waals surface area (Å²) in [5, 5.41) is 2.68. The Balaban J connectivity index is 1.95. The van der Waals surface area contributed by atoms with Gasteiger partial charge in [0.1, 0.15) is 5.82 Å². The lowest BCUT2D eigenvalue weighted by Crippen LogP contribution is -2.37. The summed E-state index contributed by atoms with van der Waals surface area (Å²) >= 11 is 0.981. The van der Waals surface area contributed by atoms with E-state index in [4.69, 9.17) is 0 Å². The predicted octanol–water partition coefficient (Wildman–Crippen LogP) is 5.23. The third kappa shape index (κ3) is 6.32. The van der Waals surface area contributed by atoms with Crippen molar-refractivity contribution in [3.8, 4) is 0 Å². The van der Waals surface area contributed by atoms with Gasteiger partial charge < -0.3 is 5.32 Å². The van der Waals surface area contributed by atoms with Gasteiger partial charge in [-0.25, -0.2) is 4.39 Å². The molecule has 0 spiro atoms. The Hall–Kier alpha value is -2.35. The fourth-order valence-corrected chi connectivity index (χ4v) is 3.32. The van der Waals surface area contributed by atoms with Crippen molar-refractivity contribution >= 4 is 23.5 Å². The summed E-state index contributed by atoms with van der Waals surface area (Å²) in [7, 11) is 0. The number of carbonyl (C=O) groups is 2. The molecule has 156 valence electrons. The average molecular weight is 427 g/mol. The van der Waals surface area contributed by atoms with Crippen molar-refractivity contribution in [3.63, 3.8) is 0 Å². The topological polar surface area (TPSA) is 46.2 Å². The van der Waals surface area contributed by atoms with E-state index in [0.29, 0.717) is 5.56 Å². The minimum atomic E-state index is -4.44. The van der Waals surface area contributed by atoms with Crippen LogP contribution in [0.25, 0.3) is 0 Å². The zero-order chi connectivity index (χ0) is 21.8. The van der Waals surface area contributed by atoms with E-state index < -0.39 is 23.0 Å². The average Bonchev–Trinajstić information content (AvgIpc) is 2.64. The molecule has 0 aliphatic heterocycles. The van der Waals surface area contributed by atoms with Crippen molar-refractivity contribution in [2.24, 2.45) is 0 Å². The van der Waals surface area contributed by atoms with Gasteiger partial charge in [0, 0.05) is 22.4 Å². The molecule has 0 atom stereocenters. The number of alkyl halides is 3. The Morgan fingerprint density at radius 3 is 2.28 bits per heavy atom. The van der Waals surface area contributed by atoms with Crippen molar-refractivity contribution < 1.29 is 27.2 Å². The van der Waals surface area contributed by atoms with Gasteiger partial charge in [-0.05, 0) is 30.7 Å². The number of hydrogen-bond acceptors (Lipinski definition) is 3. The summed E-state index contributed by atoms with van der Waals surface area (Å²) in [6.07, 6.45) is -4.44. The molecule has 8 heteroatoms. The molecule has 2 aromatic carbocycles. The Morgan fingerprint density at radius 2 is 1.69 bits per heavy atom. The summed E-state index contributed by atoms with van der Waals surface area (Å²) in [5.74, 6) is -1.27. The second-order valence-electron chi connectivity index (χ2n) is 7.23. The fourth-order valence-electron chi connectivity index (χ4n) is 2.57. The van der Waals surface area contributed by atoms with Crippen LogP contribution >= 0.6 is 11.8 Å². The SMILES string of the molecule is CC(=O)c1ccc(SCC(=O)NCC(C)(C)c2cccc(C(F)(F)F)c2)c(F)c1. The van der Waals surface area contributed by atoms with Crippen LogP contribution in [0.3, 0.4) is 0 Å². The molecular formula is C21H21F4NO2S. The number of ketones is 1. The first-order valence-corrected chi connectivity index (χ1v) is 9.76. The van der Waals surface area contributed by atoms with E-state index in [-0.39, 0.29) is 34.4 Å². The molecule has 0 bridgehead atoms.